The van der Waals surface area contributed by atoms with E-state index in [-0.39, 0.29) is 13.2 Å². The number of likely N-dealkylation sites (N-methyl/N-ethyl adjacent to an activating group) is 2. The second-order valence-corrected chi connectivity index (χ2v) is 7.22. The van der Waals surface area contributed by atoms with Gasteiger partial charge in [-0.15, -0.1) is 0 Å². The molecule has 1 atom stereocenters. The first-order chi connectivity index (χ1) is 14.0. The van der Waals surface area contributed by atoms with Crippen LogP contribution in [0, 0.1) is 0 Å². The first-order valence-corrected chi connectivity index (χ1v) is 10.1. The molecule has 0 aromatic heterocycles. The fourth-order valence-corrected chi connectivity index (χ4v) is 3.24. The van der Waals surface area contributed by atoms with Crippen molar-refractivity contribution >= 4 is 0 Å². The number of ether oxygens (including phenoxy) is 2. The summed E-state index contributed by atoms with van der Waals surface area (Å²) in [7, 11) is 3.59. The van der Waals surface area contributed by atoms with Crippen molar-refractivity contribution in [2.75, 3.05) is 47.0 Å². The molecule has 2 aromatic carbocycles. The fraction of sp³-hybridized carbons (Fsp3) is 0.478. The zero-order valence-electron chi connectivity index (χ0n) is 17.8. The highest BCUT2D eigenvalue weighted by molar-refractivity contribution is 5.43. The Morgan fingerprint density at radius 3 is 2.41 bits per heavy atom. The topological polar surface area (TPSA) is 65.4 Å². The first kappa shape index (κ1) is 23.2. The molecule has 0 aliphatic heterocycles. The van der Waals surface area contributed by atoms with Crippen molar-refractivity contribution in [3.8, 4) is 11.5 Å². The fourth-order valence-electron chi connectivity index (χ4n) is 3.24. The lowest BCUT2D eigenvalue weighted by molar-refractivity contribution is 0.0732. The van der Waals surface area contributed by atoms with Gasteiger partial charge in [-0.05, 0) is 36.9 Å². The second-order valence-electron chi connectivity index (χ2n) is 7.22. The summed E-state index contributed by atoms with van der Waals surface area (Å²) in [6, 6.07) is 16.0. The Kier molecular flexibility index (Phi) is 9.94. The number of rotatable bonds is 13. The normalized spacial score (nSPS) is 12.4. The monoisotopic (exact) mass is 402 g/mol. The van der Waals surface area contributed by atoms with Crippen LogP contribution in [0.3, 0.4) is 0 Å². The summed E-state index contributed by atoms with van der Waals surface area (Å²) in [6.45, 7) is 5.88. The molecule has 0 bridgehead atoms. The van der Waals surface area contributed by atoms with Gasteiger partial charge in [0.2, 0.25) is 0 Å². The smallest absolute Gasteiger partial charge is 0.161 e. The molecule has 0 radical (unpaired) electrons. The molecular weight excluding hydrogens is 368 g/mol. The third-order valence-corrected chi connectivity index (χ3v) is 4.75. The molecule has 29 heavy (non-hydrogen) atoms. The van der Waals surface area contributed by atoms with Gasteiger partial charge in [-0.3, -0.25) is 9.80 Å². The highest BCUT2D eigenvalue weighted by atomic mass is 16.5. The van der Waals surface area contributed by atoms with E-state index < -0.39 is 6.10 Å². The van der Waals surface area contributed by atoms with Gasteiger partial charge < -0.3 is 19.7 Å². The lowest BCUT2D eigenvalue weighted by Crippen LogP contribution is -2.32. The number of hydrogen-bond acceptors (Lipinski definition) is 6. The number of aliphatic hydroxyl groups is 2. The molecule has 0 saturated heterocycles. The van der Waals surface area contributed by atoms with Crippen molar-refractivity contribution in [2.45, 2.75) is 26.1 Å². The summed E-state index contributed by atoms with van der Waals surface area (Å²) in [4.78, 5) is 4.23. The van der Waals surface area contributed by atoms with Crippen molar-refractivity contribution in [3.63, 3.8) is 0 Å². The summed E-state index contributed by atoms with van der Waals surface area (Å²) in [5.74, 6) is 1.26. The summed E-state index contributed by atoms with van der Waals surface area (Å²) in [5, 5.41) is 19.6. The third kappa shape index (κ3) is 8.03. The predicted molar refractivity (Wildman–Crippen MR) is 115 cm³/mol. The van der Waals surface area contributed by atoms with Crippen LogP contribution in [-0.2, 0) is 13.1 Å². The van der Waals surface area contributed by atoms with Crippen LogP contribution in [0.2, 0.25) is 0 Å². The van der Waals surface area contributed by atoms with E-state index in [0.717, 1.165) is 25.2 Å². The number of aliphatic hydroxyl groups excluding tert-OH is 2. The first-order valence-electron chi connectivity index (χ1n) is 10.1. The number of nitrogens with zero attached hydrogens (tertiary/aromatic N) is 2. The quantitative estimate of drug-likeness (QED) is 0.536. The van der Waals surface area contributed by atoms with Crippen LogP contribution >= 0.6 is 0 Å². The Balaban J connectivity index is 1.91. The summed E-state index contributed by atoms with van der Waals surface area (Å²) < 4.78 is 11.3. The van der Waals surface area contributed by atoms with Crippen LogP contribution in [0.1, 0.15) is 18.1 Å². The zero-order valence-corrected chi connectivity index (χ0v) is 17.8. The molecule has 0 spiro atoms. The highest BCUT2D eigenvalue weighted by Gasteiger charge is 2.13. The zero-order chi connectivity index (χ0) is 21.1. The molecule has 0 saturated carbocycles. The van der Waals surface area contributed by atoms with Crippen molar-refractivity contribution in [2.24, 2.45) is 0 Å². The maximum atomic E-state index is 10.4. The minimum absolute atomic E-state index is 0.135. The molecular formula is C23H34N2O4. The molecule has 0 unspecified atom stereocenters. The van der Waals surface area contributed by atoms with Crippen molar-refractivity contribution in [1.29, 1.82) is 0 Å². The molecule has 2 aromatic rings. The second kappa shape index (κ2) is 12.4. The lowest BCUT2D eigenvalue weighted by atomic mass is 10.2. The minimum atomic E-state index is -0.612. The summed E-state index contributed by atoms with van der Waals surface area (Å²) >= 11 is 0. The Hall–Kier alpha value is -2.12. The highest BCUT2D eigenvalue weighted by Crippen LogP contribution is 2.28. The van der Waals surface area contributed by atoms with Gasteiger partial charge in [0.25, 0.3) is 0 Å². The van der Waals surface area contributed by atoms with Crippen LogP contribution in [0.4, 0.5) is 0 Å². The van der Waals surface area contributed by atoms with Gasteiger partial charge in [-0.1, -0.05) is 43.3 Å². The van der Waals surface area contributed by atoms with Crippen molar-refractivity contribution in [1.82, 2.24) is 9.80 Å². The molecule has 2 rings (SSSR count). The molecule has 0 aliphatic rings. The van der Waals surface area contributed by atoms with Gasteiger partial charge in [0.15, 0.2) is 11.5 Å². The average molecular weight is 403 g/mol. The van der Waals surface area contributed by atoms with Gasteiger partial charge >= 0.3 is 0 Å². The molecule has 160 valence electrons. The predicted octanol–water partition coefficient (Wildman–Crippen LogP) is 2.38. The SMILES string of the molecule is CCN(CCO)Cc1ccc(OC)c(OC[C@@H](O)CN(C)Cc2ccccc2)c1. The average Bonchev–Trinajstić information content (AvgIpc) is 2.72. The van der Waals surface area contributed by atoms with Gasteiger partial charge in [-0.25, -0.2) is 0 Å². The van der Waals surface area contributed by atoms with Crippen LogP contribution in [0.25, 0.3) is 0 Å². The lowest BCUT2D eigenvalue weighted by Gasteiger charge is -2.22. The molecule has 6 nitrogen and oxygen atoms in total. The number of benzene rings is 2. The number of methoxy groups -OCH3 is 1. The van der Waals surface area contributed by atoms with E-state index in [1.54, 1.807) is 7.11 Å². The van der Waals surface area contributed by atoms with E-state index >= 15 is 0 Å². The molecule has 0 aliphatic carbocycles. The molecule has 0 heterocycles. The third-order valence-electron chi connectivity index (χ3n) is 4.75. The van der Waals surface area contributed by atoms with Crippen molar-refractivity contribution in [3.05, 3.63) is 59.7 Å². The van der Waals surface area contributed by atoms with Gasteiger partial charge in [-0.2, -0.15) is 0 Å². The van der Waals surface area contributed by atoms with Crippen LogP contribution < -0.4 is 9.47 Å². The van der Waals surface area contributed by atoms with E-state index in [2.05, 4.69) is 28.9 Å². The minimum Gasteiger partial charge on any atom is -0.493 e. The summed E-state index contributed by atoms with van der Waals surface area (Å²) in [6.07, 6.45) is -0.612. The Bertz CT molecular complexity index is 711. The van der Waals surface area contributed by atoms with E-state index in [4.69, 9.17) is 9.47 Å². The summed E-state index contributed by atoms with van der Waals surface area (Å²) in [5.41, 5.74) is 2.28. The molecule has 2 N–H and O–H groups in total. The van der Waals surface area contributed by atoms with Crippen LogP contribution in [0.5, 0.6) is 11.5 Å². The Morgan fingerprint density at radius 1 is 1.00 bits per heavy atom. The Morgan fingerprint density at radius 2 is 1.76 bits per heavy atom. The van der Waals surface area contributed by atoms with Gasteiger partial charge in [0.05, 0.1) is 13.7 Å². The maximum absolute atomic E-state index is 10.4. The molecule has 6 heteroatoms. The number of hydrogen-bond donors (Lipinski definition) is 2. The Labute approximate surface area is 174 Å². The van der Waals surface area contributed by atoms with Gasteiger partial charge in [0, 0.05) is 26.2 Å². The largest absolute Gasteiger partial charge is 0.493 e. The molecule has 0 amide bonds. The van der Waals surface area contributed by atoms with E-state index in [9.17, 15) is 10.2 Å². The van der Waals surface area contributed by atoms with E-state index in [0.29, 0.717) is 24.6 Å². The van der Waals surface area contributed by atoms with E-state index in [1.807, 2.05) is 43.4 Å². The van der Waals surface area contributed by atoms with E-state index in [1.165, 1.54) is 5.56 Å². The van der Waals surface area contributed by atoms with Gasteiger partial charge in [0.1, 0.15) is 12.7 Å². The molecule has 0 fully saturated rings. The van der Waals surface area contributed by atoms with Crippen molar-refractivity contribution < 1.29 is 19.7 Å². The van der Waals surface area contributed by atoms with Crippen LogP contribution in [-0.4, -0.2) is 73.1 Å². The van der Waals surface area contributed by atoms with Crippen LogP contribution in [0.15, 0.2) is 48.5 Å². The standard InChI is InChI=1S/C23H34N2O4/c1-4-25(12-13-26)16-20-10-11-22(28-3)23(14-20)29-18-21(27)17-24(2)15-19-8-6-5-7-9-19/h5-11,14,21,26-27H,4,12-13,15-18H2,1-3H3/t21-/m0/s1. The maximum Gasteiger partial charge on any atom is 0.161 e.